The monoisotopic (exact) mass is 271 g/mol. The number of hydrogen-bond acceptors (Lipinski definition) is 4. The van der Waals surface area contributed by atoms with E-state index in [4.69, 9.17) is 27.6 Å². The van der Waals surface area contributed by atoms with Crippen molar-refractivity contribution in [3.8, 4) is 0 Å². The highest BCUT2D eigenvalue weighted by Gasteiger charge is 2.16. The van der Waals surface area contributed by atoms with E-state index < -0.39 is 5.91 Å². The normalized spacial score (nSPS) is 10.3. The third kappa shape index (κ3) is 2.40. The van der Waals surface area contributed by atoms with Gasteiger partial charge in [-0.1, -0.05) is 23.2 Å². The summed E-state index contributed by atoms with van der Waals surface area (Å²) in [6.45, 7) is 1.76. The number of aryl methyl sites for hydroxylation is 1. The Bertz CT molecular complexity index is 568. The molecule has 0 unspecified atom stereocenters. The van der Waals surface area contributed by atoms with Gasteiger partial charge in [0.05, 0.1) is 6.26 Å². The van der Waals surface area contributed by atoms with Gasteiger partial charge in [-0.05, 0) is 13.0 Å². The van der Waals surface area contributed by atoms with Crippen molar-refractivity contribution >= 4 is 34.9 Å². The number of carbonyl (C=O) groups excluding carboxylic acids is 1. The van der Waals surface area contributed by atoms with Crippen molar-refractivity contribution in [1.82, 2.24) is 9.97 Å². The van der Waals surface area contributed by atoms with Crippen molar-refractivity contribution in [3.63, 3.8) is 0 Å². The predicted molar refractivity (Wildman–Crippen MR) is 63.5 cm³/mol. The molecule has 0 atom stereocenters. The molecule has 2 aromatic rings. The van der Waals surface area contributed by atoms with Gasteiger partial charge >= 0.3 is 0 Å². The van der Waals surface area contributed by atoms with Crippen LogP contribution in [0.5, 0.6) is 0 Å². The summed E-state index contributed by atoms with van der Waals surface area (Å²) in [6, 6.07) is 1.68. The number of furan rings is 1. The molecule has 88 valence electrons. The van der Waals surface area contributed by atoms with Crippen molar-refractivity contribution in [2.24, 2.45) is 0 Å². The number of rotatable bonds is 2. The van der Waals surface area contributed by atoms with Crippen LogP contribution in [0.4, 0.5) is 5.82 Å². The predicted octanol–water partition coefficient (Wildman–Crippen LogP) is 2.94. The molecule has 0 bridgehead atoms. The number of nitrogens with one attached hydrogen (secondary N) is 1. The molecule has 2 heterocycles. The second kappa shape index (κ2) is 4.73. The fraction of sp³-hybridized carbons (Fsp3) is 0.100. The number of carbonyl (C=O) groups is 1. The Balaban J connectivity index is 2.25. The number of halogens is 2. The van der Waals surface area contributed by atoms with E-state index in [2.05, 4.69) is 15.3 Å². The Morgan fingerprint density at radius 2 is 2.18 bits per heavy atom. The van der Waals surface area contributed by atoms with E-state index in [1.165, 1.54) is 12.6 Å². The number of nitrogens with zero attached hydrogens (tertiary/aromatic N) is 2. The van der Waals surface area contributed by atoms with Gasteiger partial charge in [0.25, 0.3) is 5.91 Å². The van der Waals surface area contributed by atoms with Crippen LogP contribution in [0.15, 0.2) is 23.1 Å². The van der Waals surface area contributed by atoms with Crippen molar-refractivity contribution in [3.05, 3.63) is 40.2 Å². The highest BCUT2D eigenvalue weighted by molar-refractivity contribution is 6.43. The van der Waals surface area contributed by atoms with Gasteiger partial charge < -0.3 is 9.73 Å². The molecule has 0 aliphatic heterocycles. The number of hydrogen-bond donors (Lipinski definition) is 1. The molecule has 2 rings (SSSR count). The third-order valence-electron chi connectivity index (χ3n) is 2.05. The Kier molecular flexibility index (Phi) is 3.31. The van der Waals surface area contributed by atoms with Crippen LogP contribution in [0.2, 0.25) is 10.2 Å². The van der Waals surface area contributed by atoms with Crippen LogP contribution in [-0.2, 0) is 0 Å². The van der Waals surface area contributed by atoms with E-state index in [1.807, 2.05) is 0 Å². The van der Waals surface area contributed by atoms with Crippen LogP contribution < -0.4 is 5.32 Å². The molecular weight excluding hydrogens is 265 g/mol. The van der Waals surface area contributed by atoms with Crippen LogP contribution in [-0.4, -0.2) is 15.9 Å². The summed E-state index contributed by atoms with van der Waals surface area (Å²) in [5.74, 6) is -0.0903. The summed E-state index contributed by atoms with van der Waals surface area (Å²) in [5, 5.41) is 2.66. The van der Waals surface area contributed by atoms with Gasteiger partial charge in [-0.3, -0.25) is 4.79 Å². The van der Waals surface area contributed by atoms with E-state index in [0.717, 1.165) is 5.56 Å². The van der Waals surface area contributed by atoms with Gasteiger partial charge in [0.2, 0.25) is 0 Å². The second-order valence-electron chi connectivity index (χ2n) is 3.21. The molecule has 2 aromatic heterocycles. The molecule has 0 spiro atoms. The zero-order valence-electron chi connectivity index (χ0n) is 8.70. The van der Waals surface area contributed by atoms with Gasteiger partial charge in [-0.2, -0.15) is 0 Å². The molecule has 0 aromatic carbocycles. The fourth-order valence-corrected chi connectivity index (χ4v) is 1.48. The van der Waals surface area contributed by atoms with E-state index in [9.17, 15) is 4.79 Å². The summed E-state index contributed by atoms with van der Waals surface area (Å²) < 4.78 is 5.04. The molecule has 0 aliphatic carbocycles. The Morgan fingerprint density at radius 3 is 2.82 bits per heavy atom. The summed E-state index contributed by atoms with van der Waals surface area (Å²) in [4.78, 5) is 19.3. The van der Waals surface area contributed by atoms with E-state index in [-0.39, 0.29) is 21.8 Å². The quantitative estimate of drug-likeness (QED) is 0.853. The Morgan fingerprint density at radius 1 is 1.41 bits per heavy atom. The van der Waals surface area contributed by atoms with E-state index in [0.29, 0.717) is 0 Å². The van der Waals surface area contributed by atoms with Crippen molar-refractivity contribution in [2.75, 3.05) is 5.32 Å². The smallest absolute Gasteiger partial charge is 0.292 e. The van der Waals surface area contributed by atoms with Crippen LogP contribution in [0.3, 0.4) is 0 Å². The van der Waals surface area contributed by atoms with E-state index >= 15 is 0 Å². The van der Waals surface area contributed by atoms with Gasteiger partial charge in [0.1, 0.15) is 11.3 Å². The third-order valence-corrected chi connectivity index (χ3v) is 2.79. The molecule has 0 saturated carbocycles. The van der Waals surface area contributed by atoms with Gasteiger partial charge in [0.15, 0.2) is 16.7 Å². The first-order valence-electron chi connectivity index (χ1n) is 4.61. The summed E-state index contributed by atoms with van der Waals surface area (Å²) >= 11 is 11.5. The van der Waals surface area contributed by atoms with Crippen LogP contribution in [0, 0.1) is 6.92 Å². The molecule has 1 amide bonds. The Labute approximate surface area is 107 Å². The SMILES string of the molecule is Cc1ccoc1C(=O)Nc1ncnc(Cl)c1Cl. The average Bonchev–Trinajstić information content (AvgIpc) is 2.71. The molecule has 0 aliphatic rings. The number of aromatic nitrogens is 2. The van der Waals surface area contributed by atoms with Gasteiger partial charge in [-0.15, -0.1) is 0 Å². The lowest BCUT2D eigenvalue weighted by molar-refractivity contribution is 0.0995. The molecule has 0 radical (unpaired) electrons. The molecule has 17 heavy (non-hydrogen) atoms. The van der Waals surface area contributed by atoms with Gasteiger partial charge in [0, 0.05) is 5.56 Å². The molecule has 0 fully saturated rings. The maximum atomic E-state index is 11.8. The molecule has 5 nitrogen and oxygen atoms in total. The zero-order valence-corrected chi connectivity index (χ0v) is 10.2. The van der Waals surface area contributed by atoms with Crippen molar-refractivity contribution < 1.29 is 9.21 Å². The minimum atomic E-state index is -0.441. The first-order valence-corrected chi connectivity index (χ1v) is 5.36. The van der Waals surface area contributed by atoms with Crippen LogP contribution in [0.25, 0.3) is 0 Å². The minimum Gasteiger partial charge on any atom is -0.459 e. The van der Waals surface area contributed by atoms with Gasteiger partial charge in [-0.25, -0.2) is 9.97 Å². The lowest BCUT2D eigenvalue weighted by Crippen LogP contribution is -2.13. The van der Waals surface area contributed by atoms with E-state index in [1.54, 1.807) is 13.0 Å². The highest BCUT2D eigenvalue weighted by atomic mass is 35.5. The molecule has 1 N–H and O–H groups in total. The summed E-state index contributed by atoms with van der Waals surface area (Å²) in [6.07, 6.45) is 2.64. The average molecular weight is 272 g/mol. The maximum Gasteiger partial charge on any atom is 0.292 e. The number of amides is 1. The lowest BCUT2D eigenvalue weighted by Gasteiger charge is -2.05. The van der Waals surface area contributed by atoms with Crippen LogP contribution >= 0.6 is 23.2 Å². The molecule has 0 saturated heterocycles. The lowest BCUT2D eigenvalue weighted by atomic mass is 10.3. The molecule has 7 heteroatoms. The maximum absolute atomic E-state index is 11.8. The first kappa shape index (κ1) is 11.9. The first-order chi connectivity index (χ1) is 8.09. The largest absolute Gasteiger partial charge is 0.459 e. The standard InChI is InChI=1S/C10H7Cl2N3O2/c1-5-2-3-17-7(5)10(16)15-9-6(11)8(12)13-4-14-9/h2-4H,1H3,(H,13,14,15,16). The minimum absolute atomic E-state index is 0.0770. The highest BCUT2D eigenvalue weighted by Crippen LogP contribution is 2.25. The summed E-state index contributed by atoms with van der Waals surface area (Å²) in [7, 11) is 0. The van der Waals surface area contributed by atoms with Crippen molar-refractivity contribution in [1.29, 1.82) is 0 Å². The second-order valence-corrected chi connectivity index (χ2v) is 3.95. The topological polar surface area (TPSA) is 68.0 Å². The summed E-state index contributed by atoms with van der Waals surface area (Å²) in [5.41, 5.74) is 0.721. The molecular formula is C10H7Cl2N3O2. The fourth-order valence-electron chi connectivity index (χ4n) is 1.21. The zero-order chi connectivity index (χ0) is 12.4. The number of anilines is 1. The van der Waals surface area contributed by atoms with Crippen LogP contribution in [0.1, 0.15) is 16.1 Å². The Hall–Kier alpha value is -1.59. The van der Waals surface area contributed by atoms with Crippen molar-refractivity contribution in [2.45, 2.75) is 6.92 Å².